The predicted molar refractivity (Wildman–Crippen MR) is 94.7 cm³/mol. The van der Waals surface area contributed by atoms with Crippen LogP contribution in [-0.4, -0.2) is 53.8 Å². The molecule has 2 aromatic rings. The number of halogens is 3. The maximum atomic E-state index is 13.4. The number of nitrogens with one attached hydrogen (secondary N) is 1. The van der Waals surface area contributed by atoms with Gasteiger partial charge in [0.15, 0.2) is 15.7 Å². The summed E-state index contributed by atoms with van der Waals surface area (Å²) in [5, 5.41) is 16.2. The van der Waals surface area contributed by atoms with Gasteiger partial charge in [0.05, 0.1) is 23.6 Å². The molecule has 0 aliphatic heterocycles. The second kappa shape index (κ2) is 10.0. The van der Waals surface area contributed by atoms with E-state index in [9.17, 15) is 31.6 Å². The fourth-order valence-electron chi connectivity index (χ4n) is 2.18. The van der Waals surface area contributed by atoms with Crippen LogP contribution in [0.5, 0.6) is 5.88 Å². The Labute approximate surface area is 167 Å². The van der Waals surface area contributed by atoms with Gasteiger partial charge in [0.2, 0.25) is 11.6 Å². The second-order valence-electron chi connectivity index (χ2n) is 5.76. The largest absolute Gasteiger partial charge is 0.474 e. The van der Waals surface area contributed by atoms with Crippen molar-refractivity contribution in [2.75, 3.05) is 18.1 Å². The van der Waals surface area contributed by atoms with Crippen LogP contribution in [0.15, 0.2) is 27.8 Å². The predicted octanol–water partition coefficient (Wildman–Crippen LogP) is 0.872. The standard InChI is InChI=1S/C15H16F3N5O6S/c16-10-3-2-8(6-9(10)13(17)18)20-14(21-25)12-15(23-29-22-12)28-4-1-5-30(26,27)7-11(19)24/h2-3,6,13,25H,1,4-5,7H2,(H2,19,24)(H,20,21). The summed E-state index contributed by atoms with van der Waals surface area (Å²) in [6.07, 6.45) is -3.11. The van der Waals surface area contributed by atoms with Gasteiger partial charge in [-0.1, -0.05) is 0 Å². The van der Waals surface area contributed by atoms with E-state index in [0.717, 1.165) is 18.2 Å². The van der Waals surface area contributed by atoms with Gasteiger partial charge >= 0.3 is 0 Å². The van der Waals surface area contributed by atoms with Crippen molar-refractivity contribution in [3.63, 3.8) is 0 Å². The van der Waals surface area contributed by atoms with E-state index >= 15 is 0 Å². The normalized spacial score (nSPS) is 12.2. The summed E-state index contributed by atoms with van der Waals surface area (Å²) < 4.78 is 71.9. The van der Waals surface area contributed by atoms with Crippen LogP contribution in [0.1, 0.15) is 24.1 Å². The van der Waals surface area contributed by atoms with Crippen molar-refractivity contribution < 1.29 is 41.0 Å². The zero-order valence-corrected chi connectivity index (χ0v) is 15.9. The molecule has 164 valence electrons. The Kier molecular flexibility index (Phi) is 7.71. The van der Waals surface area contributed by atoms with Crippen LogP contribution in [0.3, 0.4) is 0 Å². The van der Waals surface area contributed by atoms with Crippen molar-refractivity contribution in [3.8, 4) is 5.88 Å². The number of aliphatic imine (C=N–C) groups is 1. The smallest absolute Gasteiger partial charge is 0.287 e. The van der Waals surface area contributed by atoms with Crippen LogP contribution < -0.4 is 16.0 Å². The number of hydrogen-bond donors (Lipinski definition) is 3. The number of benzene rings is 1. The van der Waals surface area contributed by atoms with Crippen molar-refractivity contribution in [1.82, 2.24) is 15.8 Å². The summed E-state index contributed by atoms with van der Waals surface area (Å²) in [5.74, 6) is -4.00. The molecule has 0 bridgehead atoms. The summed E-state index contributed by atoms with van der Waals surface area (Å²) in [6.45, 7) is -0.190. The molecular weight excluding hydrogens is 435 g/mol. The van der Waals surface area contributed by atoms with E-state index in [1.807, 2.05) is 0 Å². The maximum Gasteiger partial charge on any atom is 0.287 e. The summed E-state index contributed by atoms with van der Waals surface area (Å²) in [5.41, 5.74) is 5.22. The first-order chi connectivity index (χ1) is 14.1. The Morgan fingerprint density at radius 2 is 2.10 bits per heavy atom. The van der Waals surface area contributed by atoms with E-state index in [-0.39, 0.29) is 36.0 Å². The molecule has 0 saturated carbocycles. The Balaban J connectivity index is 2.11. The highest BCUT2D eigenvalue weighted by molar-refractivity contribution is 7.92. The van der Waals surface area contributed by atoms with E-state index in [0.29, 0.717) is 0 Å². The molecule has 1 heterocycles. The molecule has 11 nitrogen and oxygen atoms in total. The molecule has 0 aliphatic carbocycles. The second-order valence-corrected chi connectivity index (χ2v) is 7.94. The SMILES string of the molecule is NC(=O)CS(=O)(=O)CCCOc1nonc1C(=Nc1ccc(F)c(C(F)F)c1)NO. The average molecular weight is 451 g/mol. The van der Waals surface area contributed by atoms with Crippen LogP contribution >= 0.6 is 0 Å². The Morgan fingerprint density at radius 3 is 2.73 bits per heavy atom. The van der Waals surface area contributed by atoms with Crippen molar-refractivity contribution in [2.24, 2.45) is 10.7 Å². The van der Waals surface area contributed by atoms with Gasteiger partial charge in [0, 0.05) is 0 Å². The van der Waals surface area contributed by atoms with E-state index in [1.54, 1.807) is 5.48 Å². The van der Waals surface area contributed by atoms with Crippen LogP contribution in [0.2, 0.25) is 0 Å². The molecule has 30 heavy (non-hydrogen) atoms. The number of alkyl halides is 2. The van der Waals surface area contributed by atoms with Gasteiger partial charge in [0.1, 0.15) is 11.6 Å². The third kappa shape index (κ3) is 6.41. The van der Waals surface area contributed by atoms with E-state index in [2.05, 4.69) is 19.9 Å². The minimum atomic E-state index is -3.69. The molecule has 2 rings (SSSR count). The van der Waals surface area contributed by atoms with Crippen LogP contribution in [0.25, 0.3) is 0 Å². The number of rotatable bonds is 10. The molecule has 1 amide bonds. The minimum Gasteiger partial charge on any atom is -0.474 e. The first-order valence-corrected chi connectivity index (χ1v) is 9.96. The van der Waals surface area contributed by atoms with E-state index in [1.165, 1.54) is 0 Å². The van der Waals surface area contributed by atoms with Gasteiger partial charge in [-0.2, -0.15) is 0 Å². The zero-order chi connectivity index (χ0) is 22.3. The van der Waals surface area contributed by atoms with Crippen molar-refractivity contribution in [2.45, 2.75) is 12.8 Å². The lowest BCUT2D eigenvalue weighted by Gasteiger charge is -2.07. The number of carbonyl (C=O) groups is 1. The fraction of sp³-hybridized carbons (Fsp3) is 0.333. The van der Waals surface area contributed by atoms with Gasteiger partial charge < -0.3 is 10.5 Å². The molecule has 0 fully saturated rings. The zero-order valence-electron chi connectivity index (χ0n) is 15.1. The lowest BCUT2D eigenvalue weighted by atomic mass is 10.2. The number of carbonyl (C=O) groups excluding carboxylic acids is 1. The number of nitrogens with zero attached hydrogens (tertiary/aromatic N) is 3. The molecule has 0 atom stereocenters. The monoisotopic (exact) mass is 451 g/mol. The topological polar surface area (TPSA) is 170 Å². The highest BCUT2D eigenvalue weighted by atomic mass is 32.2. The molecule has 0 saturated heterocycles. The van der Waals surface area contributed by atoms with E-state index < -0.39 is 45.1 Å². The lowest BCUT2D eigenvalue weighted by Crippen LogP contribution is -2.25. The van der Waals surface area contributed by atoms with Crippen LogP contribution in [0, 0.1) is 5.82 Å². The summed E-state index contributed by atoms with van der Waals surface area (Å²) in [7, 11) is -3.69. The van der Waals surface area contributed by atoms with Crippen LogP contribution in [0.4, 0.5) is 18.9 Å². The Morgan fingerprint density at radius 1 is 1.37 bits per heavy atom. The fourth-order valence-corrected chi connectivity index (χ4v) is 3.32. The molecule has 4 N–H and O–H groups in total. The molecule has 1 aromatic heterocycles. The Bertz CT molecular complexity index is 1030. The number of aromatic nitrogens is 2. The number of primary amides is 1. The summed E-state index contributed by atoms with van der Waals surface area (Å²) in [4.78, 5) is 14.5. The molecule has 0 aliphatic rings. The molecule has 1 aromatic carbocycles. The van der Waals surface area contributed by atoms with Gasteiger partial charge in [-0.3, -0.25) is 15.5 Å². The highest BCUT2D eigenvalue weighted by Crippen LogP contribution is 2.27. The molecule has 0 unspecified atom stereocenters. The third-order valence-electron chi connectivity index (χ3n) is 3.44. The van der Waals surface area contributed by atoms with Gasteiger partial charge in [-0.15, -0.1) is 0 Å². The molecule has 15 heteroatoms. The first kappa shape index (κ1) is 23.1. The summed E-state index contributed by atoms with van der Waals surface area (Å²) >= 11 is 0. The number of amides is 1. The quantitative estimate of drug-likeness (QED) is 0.205. The average Bonchev–Trinajstić information content (AvgIpc) is 3.11. The molecule has 0 radical (unpaired) electrons. The summed E-state index contributed by atoms with van der Waals surface area (Å²) in [6, 6.07) is 2.63. The lowest BCUT2D eigenvalue weighted by molar-refractivity contribution is -0.115. The van der Waals surface area contributed by atoms with Crippen molar-refractivity contribution in [1.29, 1.82) is 0 Å². The van der Waals surface area contributed by atoms with Crippen molar-refractivity contribution >= 4 is 27.3 Å². The highest BCUT2D eigenvalue weighted by Gasteiger charge is 2.20. The first-order valence-electron chi connectivity index (χ1n) is 8.14. The van der Waals surface area contributed by atoms with Gasteiger partial charge in [-0.25, -0.2) is 31.2 Å². The van der Waals surface area contributed by atoms with Crippen molar-refractivity contribution in [3.05, 3.63) is 35.3 Å². The van der Waals surface area contributed by atoms with Gasteiger partial charge in [-0.05, 0) is 34.9 Å². The Hall–Kier alpha value is -3.20. The molecular formula is C15H16F3N5O6S. The number of amidine groups is 1. The van der Waals surface area contributed by atoms with Gasteiger partial charge in [0.25, 0.3) is 12.3 Å². The van der Waals surface area contributed by atoms with E-state index in [4.69, 9.17) is 10.5 Å². The number of ether oxygens (including phenoxy) is 1. The third-order valence-corrected chi connectivity index (χ3v) is 5.08. The number of sulfone groups is 1. The maximum absolute atomic E-state index is 13.4. The number of hydroxylamine groups is 1. The minimum absolute atomic E-state index is 0.0311. The van der Waals surface area contributed by atoms with Crippen LogP contribution in [-0.2, 0) is 14.6 Å². The molecule has 0 spiro atoms. The number of hydrogen-bond acceptors (Lipinski definition) is 9. The number of nitrogens with two attached hydrogens (primary N) is 1.